The smallest absolute Gasteiger partial charge is 0.287 e. The lowest BCUT2D eigenvalue weighted by atomic mass is 10.1. The van der Waals surface area contributed by atoms with Gasteiger partial charge in [0.2, 0.25) is 0 Å². The zero-order valence-corrected chi connectivity index (χ0v) is 16.1. The van der Waals surface area contributed by atoms with Crippen LogP contribution in [0.2, 0.25) is 0 Å². The highest BCUT2D eigenvalue weighted by molar-refractivity contribution is 7.98. The van der Waals surface area contributed by atoms with E-state index in [0.717, 1.165) is 17.5 Å². The fraction of sp³-hybridized carbons (Fsp3) is 0.150. The van der Waals surface area contributed by atoms with Crippen LogP contribution in [0.4, 0.5) is 8.78 Å². The highest BCUT2D eigenvalue weighted by Crippen LogP contribution is 2.31. The first-order valence-electron chi connectivity index (χ1n) is 8.77. The van der Waals surface area contributed by atoms with Crippen molar-refractivity contribution in [2.24, 2.45) is 0 Å². The van der Waals surface area contributed by atoms with Crippen molar-refractivity contribution < 1.29 is 18.0 Å². The van der Waals surface area contributed by atoms with Gasteiger partial charge in [0.1, 0.15) is 23.5 Å². The number of hydrogen-bond donors (Lipinski definition) is 2. The van der Waals surface area contributed by atoms with E-state index in [1.165, 1.54) is 24.2 Å². The van der Waals surface area contributed by atoms with Gasteiger partial charge < -0.3 is 9.73 Å². The van der Waals surface area contributed by atoms with Crippen LogP contribution in [0.1, 0.15) is 34.6 Å². The lowest BCUT2D eigenvalue weighted by Gasteiger charge is -2.15. The first-order chi connectivity index (χ1) is 14.0. The Morgan fingerprint density at radius 1 is 1.28 bits per heavy atom. The van der Waals surface area contributed by atoms with Gasteiger partial charge in [0.05, 0.1) is 6.04 Å². The van der Waals surface area contributed by atoms with E-state index in [1.54, 1.807) is 13.0 Å². The lowest BCUT2D eigenvalue weighted by molar-refractivity contribution is 0.0912. The number of amides is 1. The third kappa shape index (κ3) is 4.00. The standard InChI is InChI=1S/C20H16F2N4O2S/c1-11(13-7-6-12(21)8-16(13)22)25-19(27)18-15(9-29-20-23-10-24-26-20)14-4-2-3-5-17(14)28-18/h2-8,10-11H,9H2,1H3,(H,25,27)(H,23,24,26). The lowest BCUT2D eigenvalue weighted by Crippen LogP contribution is -2.27. The van der Waals surface area contributed by atoms with Crippen molar-refractivity contribution in [1.82, 2.24) is 20.5 Å². The molecule has 0 aliphatic heterocycles. The van der Waals surface area contributed by atoms with Crippen LogP contribution < -0.4 is 5.32 Å². The van der Waals surface area contributed by atoms with Crippen molar-refractivity contribution in [2.45, 2.75) is 23.9 Å². The Bertz CT molecular complexity index is 1160. The maximum absolute atomic E-state index is 14.0. The van der Waals surface area contributed by atoms with Gasteiger partial charge in [0.25, 0.3) is 5.91 Å². The summed E-state index contributed by atoms with van der Waals surface area (Å²) in [7, 11) is 0. The number of nitrogens with one attached hydrogen (secondary N) is 2. The maximum atomic E-state index is 14.0. The fourth-order valence-electron chi connectivity index (χ4n) is 3.02. The van der Waals surface area contributed by atoms with E-state index in [2.05, 4.69) is 20.5 Å². The third-order valence-electron chi connectivity index (χ3n) is 4.43. The third-order valence-corrected chi connectivity index (χ3v) is 5.33. The predicted octanol–water partition coefficient (Wildman–Crippen LogP) is 4.61. The van der Waals surface area contributed by atoms with Crippen molar-refractivity contribution in [3.05, 3.63) is 77.3 Å². The number of aromatic nitrogens is 3. The van der Waals surface area contributed by atoms with Crippen LogP contribution in [0.25, 0.3) is 11.0 Å². The number of rotatable bonds is 6. The van der Waals surface area contributed by atoms with Crippen LogP contribution in [0.3, 0.4) is 0 Å². The van der Waals surface area contributed by atoms with E-state index in [-0.39, 0.29) is 11.3 Å². The molecule has 2 aromatic carbocycles. The van der Waals surface area contributed by atoms with Gasteiger partial charge in [-0.25, -0.2) is 13.8 Å². The molecule has 2 heterocycles. The van der Waals surface area contributed by atoms with Crippen molar-refractivity contribution >= 4 is 28.6 Å². The van der Waals surface area contributed by atoms with Crippen LogP contribution in [0, 0.1) is 11.6 Å². The van der Waals surface area contributed by atoms with E-state index < -0.39 is 23.6 Å². The number of nitrogens with zero attached hydrogens (tertiary/aromatic N) is 2. The number of fused-ring (bicyclic) bond motifs is 1. The van der Waals surface area contributed by atoms with Gasteiger partial charge in [-0.15, -0.1) is 0 Å². The first-order valence-corrected chi connectivity index (χ1v) is 9.76. The van der Waals surface area contributed by atoms with E-state index >= 15 is 0 Å². The molecule has 9 heteroatoms. The number of furan rings is 1. The summed E-state index contributed by atoms with van der Waals surface area (Å²) in [5.74, 6) is -1.30. The number of hydrogen-bond acceptors (Lipinski definition) is 5. The van der Waals surface area contributed by atoms with Crippen LogP contribution in [-0.2, 0) is 5.75 Å². The largest absolute Gasteiger partial charge is 0.451 e. The Morgan fingerprint density at radius 2 is 2.10 bits per heavy atom. The van der Waals surface area contributed by atoms with Crippen molar-refractivity contribution in [2.75, 3.05) is 0 Å². The molecule has 0 saturated carbocycles. The van der Waals surface area contributed by atoms with Crippen molar-refractivity contribution in [3.63, 3.8) is 0 Å². The highest BCUT2D eigenvalue weighted by atomic mass is 32.2. The van der Waals surface area contributed by atoms with Crippen LogP contribution in [0.5, 0.6) is 0 Å². The quantitative estimate of drug-likeness (QED) is 0.450. The van der Waals surface area contributed by atoms with E-state index in [0.29, 0.717) is 22.1 Å². The molecule has 4 aromatic rings. The molecule has 29 heavy (non-hydrogen) atoms. The van der Waals surface area contributed by atoms with Gasteiger partial charge in [-0.2, -0.15) is 5.10 Å². The molecule has 0 aliphatic carbocycles. The Morgan fingerprint density at radius 3 is 2.86 bits per heavy atom. The highest BCUT2D eigenvalue weighted by Gasteiger charge is 2.23. The second-order valence-electron chi connectivity index (χ2n) is 6.35. The van der Waals surface area contributed by atoms with Gasteiger partial charge in [-0.1, -0.05) is 36.0 Å². The van der Waals surface area contributed by atoms with Crippen LogP contribution in [0.15, 0.2) is 58.4 Å². The molecule has 0 spiro atoms. The summed E-state index contributed by atoms with van der Waals surface area (Å²) >= 11 is 1.38. The number of H-pyrrole nitrogens is 1. The number of para-hydroxylation sites is 1. The molecule has 0 saturated heterocycles. The number of carbonyl (C=O) groups is 1. The average molecular weight is 414 g/mol. The average Bonchev–Trinajstić information content (AvgIpc) is 3.33. The summed E-state index contributed by atoms with van der Waals surface area (Å²) in [5.41, 5.74) is 1.46. The van der Waals surface area contributed by atoms with E-state index in [4.69, 9.17) is 4.42 Å². The molecule has 6 nitrogen and oxygen atoms in total. The molecule has 148 valence electrons. The van der Waals surface area contributed by atoms with Gasteiger partial charge in [-0.3, -0.25) is 9.89 Å². The second-order valence-corrected chi connectivity index (χ2v) is 7.31. The van der Waals surface area contributed by atoms with Gasteiger partial charge in [0.15, 0.2) is 10.9 Å². The summed E-state index contributed by atoms with van der Waals surface area (Å²) in [6.07, 6.45) is 1.41. The first kappa shape index (κ1) is 19.1. The predicted molar refractivity (Wildman–Crippen MR) is 104 cm³/mol. The van der Waals surface area contributed by atoms with Crippen LogP contribution >= 0.6 is 11.8 Å². The van der Waals surface area contributed by atoms with Gasteiger partial charge in [0, 0.05) is 28.3 Å². The topological polar surface area (TPSA) is 83.8 Å². The van der Waals surface area contributed by atoms with E-state index in [1.807, 2.05) is 18.2 Å². The van der Waals surface area contributed by atoms with Crippen molar-refractivity contribution in [1.29, 1.82) is 0 Å². The minimum Gasteiger partial charge on any atom is -0.451 e. The number of benzene rings is 2. The molecule has 1 amide bonds. The number of halogens is 2. The molecule has 0 radical (unpaired) electrons. The zero-order valence-electron chi connectivity index (χ0n) is 15.3. The molecule has 0 aliphatic rings. The summed E-state index contributed by atoms with van der Waals surface area (Å²) in [5, 5.41) is 10.7. The number of carbonyl (C=O) groups excluding carboxylic acids is 1. The molecule has 2 aromatic heterocycles. The molecule has 0 fully saturated rings. The molecule has 1 atom stereocenters. The molecule has 0 bridgehead atoms. The summed E-state index contributed by atoms with van der Waals surface area (Å²) in [6.45, 7) is 1.62. The Balaban J connectivity index is 1.61. The molecular weight excluding hydrogens is 398 g/mol. The Kier molecular flexibility index (Phi) is 5.30. The second kappa shape index (κ2) is 8.04. The number of aromatic amines is 1. The van der Waals surface area contributed by atoms with Gasteiger partial charge in [-0.05, 0) is 19.1 Å². The normalized spacial score (nSPS) is 12.2. The summed E-state index contributed by atoms with van der Waals surface area (Å²) in [6, 6.07) is 9.91. The molecule has 2 N–H and O–H groups in total. The van der Waals surface area contributed by atoms with Gasteiger partial charge >= 0.3 is 0 Å². The zero-order chi connectivity index (χ0) is 20.4. The summed E-state index contributed by atoms with van der Waals surface area (Å²) < 4.78 is 33.0. The molecular formula is C20H16F2N4O2S. The number of thioether (sulfide) groups is 1. The van der Waals surface area contributed by atoms with Crippen LogP contribution in [-0.4, -0.2) is 21.1 Å². The maximum Gasteiger partial charge on any atom is 0.287 e. The SMILES string of the molecule is CC(NC(=O)c1oc2ccccc2c1CSc1ncn[nH]1)c1ccc(F)cc1F. The molecule has 4 rings (SSSR count). The summed E-state index contributed by atoms with van der Waals surface area (Å²) in [4.78, 5) is 17.0. The minimum absolute atomic E-state index is 0.146. The Hall–Kier alpha value is -3.20. The van der Waals surface area contributed by atoms with Crippen molar-refractivity contribution in [3.8, 4) is 0 Å². The van der Waals surface area contributed by atoms with E-state index in [9.17, 15) is 13.6 Å². The molecule has 1 unspecified atom stereocenters. The fourth-order valence-corrected chi connectivity index (χ4v) is 3.83. The minimum atomic E-state index is -0.719. The Labute approximate surface area is 168 Å². The monoisotopic (exact) mass is 414 g/mol.